The molecule has 2 aromatic heterocycles. The number of imidazole rings is 1. The molecule has 1 N–H and O–H groups in total. The molecule has 1 amide bonds. The number of carbonyl (C=O) groups is 1. The summed E-state index contributed by atoms with van der Waals surface area (Å²) in [6, 6.07) is 2.18. The molecule has 0 bridgehead atoms. The summed E-state index contributed by atoms with van der Waals surface area (Å²) in [7, 11) is 2.03. The third kappa shape index (κ3) is 2.97. The number of aromatic nitrogens is 3. The number of nitrogens with zero attached hydrogens (tertiary/aromatic N) is 4. The second-order valence-corrected chi connectivity index (χ2v) is 7.22. The monoisotopic (exact) mass is 327 g/mol. The van der Waals surface area contributed by atoms with E-state index in [0.29, 0.717) is 5.92 Å². The van der Waals surface area contributed by atoms with E-state index in [0.717, 1.165) is 60.9 Å². The van der Waals surface area contributed by atoms with Gasteiger partial charge in [0, 0.05) is 45.2 Å². The van der Waals surface area contributed by atoms with Crippen LogP contribution < -0.4 is 5.32 Å². The van der Waals surface area contributed by atoms with Gasteiger partial charge in [-0.15, -0.1) is 0 Å². The Hall–Kier alpha value is -2.11. The molecule has 1 saturated carbocycles. The minimum Gasteiger partial charge on any atom is -0.368 e. The average molecular weight is 327 g/mol. The molecule has 0 unspecified atom stereocenters. The minimum atomic E-state index is 0.176. The van der Waals surface area contributed by atoms with E-state index in [2.05, 4.69) is 20.9 Å². The van der Waals surface area contributed by atoms with Crippen LogP contribution in [0.1, 0.15) is 44.2 Å². The standard InChI is InChI=1S/C18H25N5O/c1-12(24)23-7-5-14(6-8-23)15-9-16-17(20-11-22(16)2)18(21-15)19-10-13-3-4-13/h9,11,13-14H,3-8,10H2,1-2H3,(H,19,21). The SMILES string of the molecule is CC(=O)N1CCC(c2cc3c(ncn3C)c(NCC3CC3)n2)CC1. The highest BCUT2D eigenvalue weighted by Gasteiger charge is 2.25. The zero-order valence-corrected chi connectivity index (χ0v) is 14.5. The largest absolute Gasteiger partial charge is 0.368 e. The maximum absolute atomic E-state index is 11.5. The van der Waals surface area contributed by atoms with Gasteiger partial charge in [0.1, 0.15) is 5.52 Å². The molecular formula is C18H25N5O. The van der Waals surface area contributed by atoms with Crippen molar-refractivity contribution >= 4 is 22.8 Å². The Morgan fingerprint density at radius 2 is 2.04 bits per heavy atom. The Morgan fingerprint density at radius 3 is 2.71 bits per heavy atom. The number of amides is 1. The highest BCUT2D eigenvalue weighted by atomic mass is 16.2. The van der Waals surface area contributed by atoms with Crippen molar-refractivity contribution in [3.63, 3.8) is 0 Å². The molecule has 2 aromatic rings. The third-order valence-electron chi connectivity index (χ3n) is 5.35. The number of hydrogen-bond donors (Lipinski definition) is 1. The van der Waals surface area contributed by atoms with Crippen LogP contribution in [0.5, 0.6) is 0 Å². The fourth-order valence-electron chi connectivity index (χ4n) is 3.53. The number of anilines is 1. The van der Waals surface area contributed by atoms with E-state index in [1.807, 2.05) is 18.3 Å². The molecule has 0 radical (unpaired) electrons. The molecule has 1 saturated heterocycles. The van der Waals surface area contributed by atoms with Crippen LogP contribution in [0.2, 0.25) is 0 Å². The fourth-order valence-corrected chi connectivity index (χ4v) is 3.53. The van der Waals surface area contributed by atoms with Gasteiger partial charge in [0.2, 0.25) is 5.91 Å². The van der Waals surface area contributed by atoms with Crippen molar-refractivity contribution in [2.75, 3.05) is 25.0 Å². The van der Waals surface area contributed by atoms with Gasteiger partial charge in [0.05, 0.1) is 11.8 Å². The first-order valence-corrected chi connectivity index (χ1v) is 8.93. The Kier molecular flexibility index (Phi) is 3.90. The van der Waals surface area contributed by atoms with Gasteiger partial charge in [-0.25, -0.2) is 9.97 Å². The number of piperidine rings is 1. The van der Waals surface area contributed by atoms with E-state index < -0.39 is 0 Å². The molecule has 0 spiro atoms. The number of pyridine rings is 1. The van der Waals surface area contributed by atoms with Crippen LogP contribution in [0, 0.1) is 5.92 Å². The van der Waals surface area contributed by atoms with E-state index in [1.165, 1.54) is 12.8 Å². The molecule has 1 aliphatic heterocycles. The zero-order chi connectivity index (χ0) is 16.7. The van der Waals surface area contributed by atoms with E-state index >= 15 is 0 Å². The van der Waals surface area contributed by atoms with Crippen molar-refractivity contribution in [1.29, 1.82) is 0 Å². The predicted molar refractivity (Wildman–Crippen MR) is 94.0 cm³/mol. The molecule has 24 heavy (non-hydrogen) atoms. The number of hydrogen-bond acceptors (Lipinski definition) is 4. The van der Waals surface area contributed by atoms with E-state index in [4.69, 9.17) is 4.98 Å². The van der Waals surface area contributed by atoms with Crippen molar-refractivity contribution < 1.29 is 4.79 Å². The molecule has 0 aromatic carbocycles. The lowest BCUT2D eigenvalue weighted by Crippen LogP contribution is -2.36. The third-order valence-corrected chi connectivity index (χ3v) is 5.35. The highest BCUT2D eigenvalue weighted by Crippen LogP contribution is 2.33. The van der Waals surface area contributed by atoms with Crippen LogP contribution in [0.15, 0.2) is 12.4 Å². The number of fused-ring (bicyclic) bond motifs is 1. The summed E-state index contributed by atoms with van der Waals surface area (Å²) in [6.45, 7) is 4.30. The molecule has 1 aliphatic carbocycles. The number of likely N-dealkylation sites (tertiary alicyclic amines) is 1. The van der Waals surface area contributed by atoms with Crippen molar-refractivity contribution in [2.24, 2.45) is 13.0 Å². The fraction of sp³-hybridized carbons (Fsp3) is 0.611. The number of rotatable bonds is 4. The van der Waals surface area contributed by atoms with Gasteiger partial charge in [-0.1, -0.05) is 0 Å². The quantitative estimate of drug-likeness (QED) is 0.937. The first kappa shape index (κ1) is 15.4. The van der Waals surface area contributed by atoms with Gasteiger partial charge < -0.3 is 14.8 Å². The summed E-state index contributed by atoms with van der Waals surface area (Å²) in [5.74, 6) is 2.31. The summed E-state index contributed by atoms with van der Waals surface area (Å²) < 4.78 is 2.06. The topological polar surface area (TPSA) is 63.1 Å². The number of carbonyl (C=O) groups excluding carboxylic acids is 1. The van der Waals surface area contributed by atoms with Gasteiger partial charge >= 0.3 is 0 Å². The van der Waals surface area contributed by atoms with Crippen LogP contribution in [-0.4, -0.2) is 45.0 Å². The molecular weight excluding hydrogens is 302 g/mol. The molecule has 3 heterocycles. The summed E-state index contributed by atoms with van der Waals surface area (Å²) in [4.78, 5) is 22.9. The van der Waals surface area contributed by atoms with E-state index in [1.54, 1.807) is 6.92 Å². The maximum atomic E-state index is 11.5. The summed E-state index contributed by atoms with van der Waals surface area (Å²) in [5.41, 5.74) is 3.22. The maximum Gasteiger partial charge on any atom is 0.219 e. The normalized spacial score (nSPS) is 19.0. The first-order chi connectivity index (χ1) is 11.6. The Morgan fingerprint density at radius 1 is 1.29 bits per heavy atom. The van der Waals surface area contributed by atoms with Crippen molar-refractivity contribution in [1.82, 2.24) is 19.4 Å². The van der Waals surface area contributed by atoms with Gasteiger partial charge in [-0.2, -0.15) is 0 Å². The number of aryl methyl sites for hydroxylation is 1. The second kappa shape index (κ2) is 6.07. The Labute approximate surface area is 142 Å². The van der Waals surface area contributed by atoms with Crippen LogP contribution >= 0.6 is 0 Å². The van der Waals surface area contributed by atoms with E-state index in [-0.39, 0.29) is 5.91 Å². The summed E-state index contributed by atoms with van der Waals surface area (Å²) >= 11 is 0. The lowest BCUT2D eigenvalue weighted by molar-refractivity contribution is -0.129. The van der Waals surface area contributed by atoms with E-state index in [9.17, 15) is 4.79 Å². The second-order valence-electron chi connectivity index (χ2n) is 7.22. The zero-order valence-electron chi connectivity index (χ0n) is 14.5. The average Bonchev–Trinajstić information content (AvgIpc) is 3.35. The smallest absolute Gasteiger partial charge is 0.219 e. The lowest BCUT2D eigenvalue weighted by atomic mass is 9.92. The molecule has 128 valence electrons. The first-order valence-electron chi connectivity index (χ1n) is 8.93. The molecule has 6 nitrogen and oxygen atoms in total. The highest BCUT2D eigenvalue weighted by molar-refractivity contribution is 5.86. The Balaban J connectivity index is 1.60. The Bertz CT molecular complexity index is 756. The number of nitrogens with one attached hydrogen (secondary N) is 1. The lowest BCUT2D eigenvalue weighted by Gasteiger charge is -2.31. The van der Waals surface area contributed by atoms with Crippen molar-refractivity contribution in [3.05, 3.63) is 18.1 Å². The van der Waals surface area contributed by atoms with Crippen molar-refractivity contribution in [2.45, 2.75) is 38.5 Å². The van der Waals surface area contributed by atoms with Gasteiger partial charge in [0.15, 0.2) is 5.82 Å². The predicted octanol–water partition coefficient (Wildman–Crippen LogP) is 2.52. The van der Waals surface area contributed by atoms with Crippen LogP contribution in [-0.2, 0) is 11.8 Å². The van der Waals surface area contributed by atoms with Gasteiger partial charge in [-0.3, -0.25) is 4.79 Å². The summed E-state index contributed by atoms with van der Waals surface area (Å²) in [6.07, 6.45) is 6.47. The molecule has 0 atom stereocenters. The van der Waals surface area contributed by atoms with Gasteiger partial charge in [-0.05, 0) is 37.7 Å². The molecule has 2 aliphatic rings. The summed E-state index contributed by atoms with van der Waals surface area (Å²) in [5, 5.41) is 3.52. The molecule has 4 rings (SSSR count). The minimum absolute atomic E-state index is 0.176. The van der Waals surface area contributed by atoms with Gasteiger partial charge in [0.25, 0.3) is 0 Å². The molecule has 2 fully saturated rings. The van der Waals surface area contributed by atoms with Crippen LogP contribution in [0.25, 0.3) is 11.0 Å². The van der Waals surface area contributed by atoms with Crippen molar-refractivity contribution in [3.8, 4) is 0 Å². The van der Waals surface area contributed by atoms with Crippen LogP contribution in [0.4, 0.5) is 5.82 Å². The molecule has 6 heteroatoms. The van der Waals surface area contributed by atoms with Crippen LogP contribution in [0.3, 0.4) is 0 Å².